The van der Waals surface area contributed by atoms with Crippen LogP contribution in [0, 0.1) is 11.3 Å². The molecule has 1 aromatic rings. The van der Waals surface area contributed by atoms with Gasteiger partial charge in [0.2, 0.25) is 10.0 Å². The summed E-state index contributed by atoms with van der Waals surface area (Å²) >= 11 is 0. The Morgan fingerprint density at radius 1 is 1.29 bits per heavy atom. The van der Waals surface area contributed by atoms with Crippen molar-refractivity contribution in [1.82, 2.24) is 10.0 Å². The number of amides is 1. The van der Waals surface area contributed by atoms with E-state index >= 15 is 0 Å². The van der Waals surface area contributed by atoms with Gasteiger partial charge in [0.05, 0.1) is 16.5 Å². The van der Waals surface area contributed by atoms with Gasteiger partial charge in [-0.2, -0.15) is 5.26 Å². The third-order valence-corrected chi connectivity index (χ3v) is 5.85. The number of esters is 1. The molecule has 8 nitrogen and oxygen atoms in total. The molecule has 1 aliphatic carbocycles. The van der Waals surface area contributed by atoms with Crippen molar-refractivity contribution in [2.24, 2.45) is 0 Å². The Kier molecular flexibility index (Phi) is 7.31. The van der Waals surface area contributed by atoms with Gasteiger partial charge >= 0.3 is 5.97 Å². The molecule has 28 heavy (non-hydrogen) atoms. The van der Waals surface area contributed by atoms with Gasteiger partial charge in [0.1, 0.15) is 5.54 Å². The quantitative estimate of drug-likeness (QED) is 0.500. The molecule has 1 fully saturated rings. The molecule has 0 spiro atoms. The summed E-state index contributed by atoms with van der Waals surface area (Å²) in [7, 11) is -3.78. The first-order valence-corrected chi connectivity index (χ1v) is 10.4. The minimum Gasteiger partial charge on any atom is -0.452 e. The number of ether oxygens (including phenoxy) is 1. The van der Waals surface area contributed by atoms with Gasteiger partial charge < -0.3 is 10.1 Å². The highest BCUT2D eigenvalue weighted by Gasteiger charge is 2.33. The average Bonchev–Trinajstić information content (AvgIpc) is 2.71. The summed E-state index contributed by atoms with van der Waals surface area (Å²) in [6.07, 6.45) is 5.27. The van der Waals surface area contributed by atoms with Gasteiger partial charge in [0.15, 0.2) is 6.61 Å². The highest BCUT2D eigenvalue weighted by atomic mass is 32.2. The first-order chi connectivity index (χ1) is 13.3. The van der Waals surface area contributed by atoms with Crippen molar-refractivity contribution in [3.8, 4) is 6.07 Å². The lowest BCUT2D eigenvalue weighted by atomic mass is 9.83. The SMILES string of the molecule is C=CCNS(=O)(=O)c1cccc(C(=O)OCC(=O)NC2(C#N)CCCCC2)c1. The van der Waals surface area contributed by atoms with E-state index in [1.807, 2.05) is 0 Å². The van der Waals surface area contributed by atoms with Crippen molar-refractivity contribution < 1.29 is 22.7 Å². The zero-order valence-electron chi connectivity index (χ0n) is 15.4. The Labute approximate surface area is 164 Å². The lowest BCUT2D eigenvalue weighted by Crippen LogP contribution is -2.50. The molecule has 0 heterocycles. The Bertz CT molecular complexity index is 883. The van der Waals surface area contributed by atoms with Crippen molar-refractivity contribution in [2.75, 3.05) is 13.2 Å². The average molecular weight is 405 g/mol. The minimum absolute atomic E-state index is 0.00180. The molecule has 2 rings (SSSR count). The normalized spacial score (nSPS) is 15.8. The highest BCUT2D eigenvalue weighted by molar-refractivity contribution is 7.89. The molecule has 0 aliphatic heterocycles. The maximum absolute atomic E-state index is 12.2. The van der Waals surface area contributed by atoms with E-state index in [1.54, 1.807) is 0 Å². The number of hydrogen-bond donors (Lipinski definition) is 2. The molecular weight excluding hydrogens is 382 g/mol. The maximum Gasteiger partial charge on any atom is 0.338 e. The van der Waals surface area contributed by atoms with Crippen LogP contribution in [0.5, 0.6) is 0 Å². The van der Waals surface area contributed by atoms with Crippen LogP contribution in [-0.4, -0.2) is 39.0 Å². The molecule has 0 atom stereocenters. The van der Waals surface area contributed by atoms with Crippen LogP contribution in [0.3, 0.4) is 0 Å². The second-order valence-electron chi connectivity index (χ2n) is 6.55. The predicted molar refractivity (Wildman–Crippen MR) is 102 cm³/mol. The molecule has 9 heteroatoms. The minimum atomic E-state index is -3.78. The van der Waals surface area contributed by atoms with Gasteiger partial charge in [-0.1, -0.05) is 31.4 Å². The van der Waals surface area contributed by atoms with Gasteiger partial charge in [0.25, 0.3) is 5.91 Å². The number of rotatable bonds is 8. The Hall–Kier alpha value is -2.70. The number of sulfonamides is 1. The summed E-state index contributed by atoms with van der Waals surface area (Å²) in [5.41, 5.74) is -0.908. The second-order valence-corrected chi connectivity index (χ2v) is 8.31. The lowest BCUT2D eigenvalue weighted by molar-refractivity contribution is -0.125. The standard InChI is InChI=1S/C19H23N3O5S/c1-2-11-21-28(25,26)16-8-6-7-15(12-16)18(24)27-13-17(23)22-19(14-20)9-4-3-5-10-19/h2,6-8,12,21H,1,3-5,9-11,13H2,(H,22,23). The Balaban J connectivity index is 1.98. The predicted octanol–water partition coefficient (Wildman–Crippen LogP) is 1.65. The fraction of sp³-hybridized carbons (Fsp3) is 0.421. The molecule has 2 N–H and O–H groups in total. The van der Waals surface area contributed by atoms with E-state index in [2.05, 4.69) is 22.7 Å². The summed E-state index contributed by atoms with van der Waals surface area (Å²) in [5, 5.41) is 12.0. The third-order valence-electron chi connectivity index (χ3n) is 4.43. The number of nitriles is 1. The molecule has 0 saturated heterocycles. The number of nitrogens with one attached hydrogen (secondary N) is 2. The number of carbonyl (C=O) groups excluding carboxylic acids is 2. The zero-order chi connectivity index (χ0) is 20.6. The van der Waals surface area contributed by atoms with Crippen molar-refractivity contribution in [1.29, 1.82) is 5.26 Å². The fourth-order valence-electron chi connectivity index (χ4n) is 2.98. The van der Waals surface area contributed by atoms with Crippen LogP contribution < -0.4 is 10.0 Å². The van der Waals surface area contributed by atoms with Crippen molar-refractivity contribution >= 4 is 21.9 Å². The summed E-state index contributed by atoms with van der Waals surface area (Å²) in [6.45, 7) is 2.94. The van der Waals surface area contributed by atoms with Crippen LogP contribution in [0.15, 0.2) is 41.8 Å². The van der Waals surface area contributed by atoms with Crippen LogP contribution in [-0.2, 0) is 19.6 Å². The summed E-state index contributed by atoms with van der Waals surface area (Å²) in [5.74, 6) is -1.39. The summed E-state index contributed by atoms with van der Waals surface area (Å²) in [6, 6.07) is 7.47. The smallest absolute Gasteiger partial charge is 0.338 e. The molecule has 150 valence electrons. The van der Waals surface area contributed by atoms with E-state index in [1.165, 1.54) is 30.3 Å². The molecule has 0 bridgehead atoms. The molecule has 0 radical (unpaired) electrons. The van der Waals surface area contributed by atoms with Gasteiger partial charge in [-0.05, 0) is 31.0 Å². The van der Waals surface area contributed by atoms with Crippen molar-refractivity contribution in [3.63, 3.8) is 0 Å². The number of carbonyl (C=O) groups is 2. The van der Waals surface area contributed by atoms with Crippen LogP contribution in [0.2, 0.25) is 0 Å². The summed E-state index contributed by atoms with van der Waals surface area (Å²) < 4.78 is 31.5. The van der Waals surface area contributed by atoms with Crippen LogP contribution in [0.1, 0.15) is 42.5 Å². The van der Waals surface area contributed by atoms with Gasteiger partial charge in [-0.15, -0.1) is 6.58 Å². The van der Waals surface area contributed by atoms with Crippen molar-refractivity contribution in [3.05, 3.63) is 42.5 Å². The van der Waals surface area contributed by atoms with Gasteiger partial charge in [-0.25, -0.2) is 17.9 Å². The van der Waals surface area contributed by atoms with E-state index in [0.717, 1.165) is 19.3 Å². The molecule has 0 unspecified atom stereocenters. The van der Waals surface area contributed by atoms with Crippen LogP contribution in [0.4, 0.5) is 0 Å². The molecular formula is C19H23N3O5S. The van der Waals surface area contributed by atoms with Crippen molar-refractivity contribution in [2.45, 2.75) is 42.5 Å². The van der Waals surface area contributed by atoms with Gasteiger partial charge in [-0.3, -0.25) is 4.79 Å². The molecule has 1 aromatic carbocycles. The van der Waals surface area contributed by atoms with E-state index in [-0.39, 0.29) is 17.0 Å². The Morgan fingerprint density at radius 2 is 2.00 bits per heavy atom. The number of nitrogens with zero attached hydrogens (tertiary/aromatic N) is 1. The number of hydrogen-bond acceptors (Lipinski definition) is 6. The first kappa shape index (κ1) is 21.6. The topological polar surface area (TPSA) is 125 Å². The van der Waals surface area contributed by atoms with Gasteiger partial charge in [0, 0.05) is 6.54 Å². The monoisotopic (exact) mass is 405 g/mol. The van der Waals surface area contributed by atoms with E-state index in [9.17, 15) is 23.3 Å². The molecule has 1 amide bonds. The van der Waals surface area contributed by atoms with E-state index in [4.69, 9.17) is 4.74 Å². The highest BCUT2D eigenvalue weighted by Crippen LogP contribution is 2.27. The Morgan fingerprint density at radius 3 is 2.64 bits per heavy atom. The van der Waals surface area contributed by atoms with Crippen LogP contribution >= 0.6 is 0 Å². The number of benzene rings is 1. The first-order valence-electron chi connectivity index (χ1n) is 8.92. The largest absolute Gasteiger partial charge is 0.452 e. The zero-order valence-corrected chi connectivity index (χ0v) is 16.3. The lowest BCUT2D eigenvalue weighted by Gasteiger charge is -2.31. The maximum atomic E-state index is 12.2. The third kappa shape index (κ3) is 5.65. The van der Waals surface area contributed by atoms with E-state index < -0.39 is 34.0 Å². The summed E-state index contributed by atoms with van der Waals surface area (Å²) in [4.78, 5) is 24.2. The molecule has 1 saturated carbocycles. The van der Waals surface area contributed by atoms with Crippen LogP contribution in [0.25, 0.3) is 0 Å². The molecule has 1 aliphatic rings. The van der Waals surface area contributed by atoms with E-state index in [0.29, 0.717) is 12.8 Å². The molecule has 0 aromatic heterocycles. The fourth-order valence-corrected chi connectivity index (χ4v) is 4.02. The second kappa shape index (κ2) is 9.48.